The van der Waals surface area contributed by atoms with Gasteiger partial charge in [-0.2, -0.15) is 0 Å². The Bertz CT molecular complexity index is 299. The van der Waals surface area contributed by atoms with Crippen molar-refractivity contribution in [2.75, 3.05) is 93.0 Å². The van der Waals surface area contributed by atoms with Gasteiger partial charge in [0, 0.05) is 52.5 Å². The van der Waals surface area contributed by atoms with Crippen LogP contribution in [0.3, 0.4) is 0 Å². The molecule has 0 atom stereocenters. The number of rotatable bonds is 20. The zero-order chi connectivity index (χ0) is 20.2. The SMILES string of the molecule is CN(C)COCCCNCCNCCNCCNCCCOCC(C)(C)C. The normalized spacial score (nSPS) is 12.2. The van der Waals surface area contributed by atoms with Gasteiger partial charge in [0.05, 0.1) is 13.3 Å². The summed E-state index contributed by atoms with van der Waals surface area (Å²) in [7, 11) is 4.03. The summed E-state index contributed by atoms with van der Waals surface area (Å²) in [6.45, 7) is 17.9. The highest BCUT2D eigenvalue weighted by atomic mass is 16.5. The molecule has 0 aliphatic rings. The van der Waals surface area contributed by atoms with Gasteiger partial charge in [-0.15, -0.1) is 0 Å². The zero-order valence-electron chi connectivity index (χ0n) is 18.7. The molecule has 164 valence electrons. The van der Waals surface area contributed by atoms with E-state index in [9.17, 15) is 0 Å². The van der Waals surface area contributed by atoms with Crippen LogP contribution in [0.1, 0.15) is 33.6 Å². The molecular formula is C20H47N5O2. The molecule has 7 nitrogen and oxygen atoms in total. The first-order valence-electron chi connectivity index (χ1n) is 10.5. The van der Waals surface area contributed by atoms with Gasteiger partial charge in [-0.3, -0.25) is 4.90 Å². The first-order valence-corrected chi connectivity index (χ1v) is 10.5. The van der Waals surface area contributed by atoms with E-state index >= 15 is 0 Å². The molecule has 0 bridgehead atoms. The summed E-state index contributed by atoms with van der Waals surface area (Å²) in [5.41, 5.74) is 0.266. The van der Waals surface area contributed by atoms with Crippen molar-refractivity contribution < 1.29 is 9.47 Å². The van der Waals surface area contributed by atoms with E-state index in [1.54, 1.807) is 0 Å². The number of ether oxygens (including phenoxy) is 2. The predicted molar refractivity (Wildman–Crippen MR) is 115 cm³/mol. The van der Waals surface area contributed by atoms with Crippen LogP contribution in [0, 0.1) is 5.41 Å². The lowest BCUT2D eigenvalue weighted by Crippen LogP contribution is -2.35. The maximum Gasteiger partial charge on any atom is 0.0985 e. The van der Waals surface area contributed by atoms with E-state index in [0.717, 1.165) is 85.0 Å². The number of hydrogen-bond acceptors (Lipinski definition) is 7. The lowest BCUT2D eigenvalue weighted by molar-refractivity contribution is 0.0550. The first-order chi connectivity index (χ1) is 12.9. The lowest BCUT2D eigenvalue weighted by Gasteiger charge is -2.17. The molecule has 0 aromatic rings. The van der Waals surface area contributed by atoms with Gasteiger partial charge in [-0.1, -0.05) is 20.8 Å². The third-order valence-electron chi connectivity index (χ3n) is 3.60. The van der Waals surface area contributed by atoms with Crippen molar-refractivity contribution in [3.8, 4) is 0 Å². The molecule has 0 aromatic carbocycles. The molecule has 0 spiro atoms. The zero-order valence-corrected chi connectivity index (χ0v) is 18.7. The van der Waals surface area contributed by atoms with Crippen LogP contribution in [0.4, 0.5) is 0 Å². The van der Waals surface area contributed by atoms with Crippen molar-refractivity contribution in [2.24, 2.45) is 5.41 Å². The molecule has 0 heterocycles. The van der Waals surface area contributed by atoms with E-state index < -0.39 is 0 Å². The Balaban J connectivity index is 3.03. The second-order valence-electron chi connectivity index (χ2n) is 8.44. The Morgan fingerprint density at radius 2 is 1.04 bits per heavy atom. The Morgan fingerprint density at radius 3 is 1.44 bits per heavy atom. The summed E-state index contributed by atoms with van der Waals surface area (Å²) in [6.07, 6.45) is 2.14. The van der Waals surface area contributed by atoms with Crippen LogP contribution in [-0.4, -0.2) is 97.9 Å². The lowest BCUT2D eigenvalue weighted by atomic mass is 9.99. The van der Waals surface area contributed by atoms with Gasteiger partial charge < -0.3 is 30.7 Å². The van der Waals surface area contributed by atoms with Gasteiger partial charge in [0.25, 0.3) is 0 Å². The maximum atomic E-state index is 5.65. The summed E-state index contributed by atoms with van der Waals surface area (Å²) in [4.78, 5) is 2.03. The molecule has 0 rings (SSSR count). The van der Waals surface area contributed by atoms with Crippen LogP contribution in [0.2, 0.25) is 0 Å². The molecule has 0 aliphatic carbocycles. The van der Waals surface area contributed by atoms with E-state index in [2.05, 4.69) is 42.0 Å². The fourth-order valence-electron chi connectivity index (χ4n) is 2.25. The summed E-state index contributed by atoms with van der Waals surface area (Å²) in [5.74, 6) is 0. The second kappa shape index (κ2) is 19.1. The Labute approximate surface area is 168 Å². The molecule has 0 amide bonds. The molecule has 27 heavy (non-hydrogen) atoms. The maximum absolute atomic E-state index is 5.65. The summed E-state index contributed by atoms with van der Waals surface area (Å²) in [6, 6.07) is 0. The van der Waals surface area contributed by atoms with Crippen LogP contribution < -0.4 is 21.3 Å². The third-order valence-corrected chi connectivity index (χ3v) is 3.60. The van der Waals surface area contributed by atoms with E-state index in [1.807, 2.05) is 19.0 Å². The van der Waals surface area contributed by atoms with Gasteiger partial charge in [0.15, 0.2) is 0 Å². The van der Waals surface area contributed by atoms with E-state index in [-0.39, 0.29) is 5.41 Å². The molecule has 0 aliphatic heterocycles. The first kappa shape index (κ1) is 26.7. The van der Waals surface area contributed by atoms with Gasteiger partial charge >= 0.3 is 0 Å². The number of nitrogens with zero attached hydrogens (tertiary/aromatic N) is 1. The summed E-state index contributed by atoms with van der Waals surface area (Å²) < 4.78 is 11.1. The van der Waals surface area contributed by atoms with Crippen LogP contribution in [0.25, 0.3) is 0 Å². The smallest absolute Gasteiger partial charge is 0.0985 e. The van der Waals surface area contributed by atoms with Crippen molar-refractivity contribution in [3.05, 3.63) is 0 Å². The highest BCUT2D eigenvalue weighted by Crippen LogP contribution is 2.12. The highest BCUT2D eigenvalue weighted by molar-refractivity contribution is 4.59. The molecule has 0 fully saturated rings. The van der Waals surface area contributed by atoms with Crippen molar-refractivity contribution in [1.82, 2.24) is 26.2 Å². The molecule has 0 saturated heterocycles. The molecular weight excluding hydrogens is 342 g/mol. The molecule has 4 N–H and O–H groups in total. The fourth-order valence-corrected chi connectivity index (χ4v) is 2.25. The monoisotopic (exact) mass is 389 g/mol. The fraction of sp³-hybridized carbons (Fsp3) is 1.00. The minimum atomic E-state index is 0.266. The van der Waals surface area contributed by atoms with Crippen molar-refractivity contribution >= 4 is 0 Å². The van der Waals surface area contributed by atoms with Crippen molar-refractivity contribution in [1.29, 1.82) is 0 Å². The Kier molecular flexibility index (Phi) is 18.9. The van der Waals surface area contributed by atoms with Crippen LogP contribution in [0.15, 0.2) is 0 Å². The van der Waals surface area contributed by atoms with Gasteiger partial charge in [0.1, 0.15) is 0 Å². The van der Waals surface area contributed by atoms with Gasteiger partial charge in [-0.05, 0) is 45.4 Å². The quantitative estimate of drug-likeness (QED) is 0.181. The topological polar surface area (TPSA) is 69.8 Å². The Hall–Kier alpha value is -0.280. The second-order valence-corrected chi connectivity index (χ2v) is 8.44. The minimum Gasteiger partial charge on any atom is -0.381 e. The van der Waals surface area contributed by atoms with Crippen LogP contribution in [0.5, 0.6) is 0 Å². The van der Waals surface area contributed by atoms with E-state index in [4.69, 9.17) is 9.47 Å². The van der Waals surface area contributed by atoms with Crippen molar-refractivity contribution in [3.63, 3.8) is 0 Å². The third kappa shape index (κ3) is 25.7. The Morgan fingerprint density at radius 1 is 0.630 bits per heavy atom. The highest BCUT2D eigenvalue weighted by Gasteiger charge is 2.09. The molecule has 0 radical (unpaired) electrons. The van der Waals surface area contributed by atoms with E-state index in [0.29, 0.717) is 6.73 Å². The molecule has 0 saturated carbocycles. The standard InChI is InChI=1S/C20H47N5O2/c1-20(2,3)18-26-16-6-8-21-10-12-23-14-15-24-13-11-22-9-7-17-27-19-25(4)5/h21-24H,6-19H2,1-5H3. The molecule has 0 unspecified atom stereocenters. The van der Waals surface area contributed by atoms with Crippen LogP contribution >= 0.6 is 0 Å². The minimum absolute atomic E-state index is 0.266. The largest absolute Gasteiger partial charge is 0.381 e. The predicted octanol–water partition coefficient (Wildman–Crippen LogP) is 0.723. The average molecular weight is 390 g/mol. The molecule has 7 heteroatoms. The van der Waals surface area contributed by atoms with Gasteiger partial charge in [0.2, 0.25) is 0 Å². The van der Waals surface area contributed by atoms with Crippen molar-refractivity contribution in [2.45, 2.75) is 33.6 Å². The summed E-state index contributed by atoms with van der Waals surface area (Å²) >= 11 is 0. The summed E-state index contributed by atoms with van der Waals surface area (Å²) in [5, 5.41) is 13.8. The van der Waals surface area contributed by atoms with Crippen LogP contribution in [-0.2, 0) is 9.47 Å². The molecule has 0 aromatic heterocycles. The van der Waals surface area contributed by atoms with Gasteiger partial charge in [-0.25, -0.2) is 0 Å². The number of nitrogens with one attached hydrogen (secondary N) is 4. The average Bonchev–Trinajstić information content (AvgIpc) is 2.58. The number of hydrogen-bond donors (Lipinski definition) is 4. The van der Waals surface area contributed by atoms with E-state index in [1.165, 1.54) is 0 Å².